The number of halogens is 2. The first-order chi connectivity index (χ1) is 8.59. The number of pyridine rings is 1. The summed E-state index contributed by atoms with van der Waals surface area (Å²) < 4.78 is 13.3. The minimum atomic E-state index is -0.392. The molecule has 0 aliphatic heterocycles. The molecule has 5 heteroatoms. The van der Waals surface area contributed by atoms with Crippen LogP contribution in [0.15, 0.2) is 36.7 Å². The van der Waals surface area contributed by atoms with Crippen LogP contribution in [0.5, 0.6) is 0 Å². The van der Waals surface area contributed by atoms with Crippen molar-refractivity contribution in [2.75, 3.05) is 5.32 Å². The fourth-order valence-corrected chi connectivity index (χ4v) is 1.70. The molecule has 0 aliphatic rings. The summed E-state index contributed by atoms with van der Waals surface area (Å²) in [6.45, 7) is 1.60. The molecule has 1 N–H and O–H groups in total. The Kier molecular flexibility index (Phi) is 3.58. The quantitative estimate of drug-likeness (QED) is 0.903. The van der Waals surface area contributed by atoms with Gasteiger partial charge in [-0.25, -0.2) is 4.39 Å². The van der Waals surface area contributed by atoms with E-state index < -0.39 is 5.91 Å². The van der Waals surface area contributed by atoms with Crippen LogP contribution in [0.1, 0.15) is 15.9 Å². The van der Waals surface area contributed by atoms with E-state index in [1.807, 2.05) is 0 Å². The first kappa shape index (κ1) is 12.5. The second-order valence-corrected chi connectivity index (χ2v) is 4.13. The summed E-state index contributed by atoms with van der Waals surface area (Å²) in [5, 5.41) is 2.87. The summed E-state index contributed by atoms with van der Waals surface area (Å²) in [4.78, 5) is 15.7. The van der Waals surface area contributed by atoms with Crippen LogP contribution >= 0.6 is 11.6 Å². The maximum absolute atomic E-state index is 13.3. The van der Waals surface area contributed by atoms with Crippen LogP contribution in [0.25, 0.3) is 0 Å². The zero-order chi connectivity index (χ0) is 13.1. The molecule has 1 aromatic heterocycles. The summed E-state index contributed by atoms with van der Waals surface area (Å²) in [5.41, 5.74) is 1.11. The van der Waals surface area contributed by atoms with Crippen molar-refractivity contribution in [3.8, 4) is 0 Å². The minimum Gasteiger partial charge on any atom is -0.322 e. The largest absolute Gasteiger partial charge is 0.322 e. The molecule has 0 saturated carbocycles. The topological polar surface area (TPSA) is 42.0 Å². The van der Waals surface area contributed by atoms with Gasteiger partial charge in [-0.3, -0.25) is 9.78 Å². The van der Waals surface area contributed by atoms with E-state index in [9.17, 15) is 9.18 Å². The van der Waals surface area contributed by atoms with Gasteiger partial charge in [-0.05, 0) is 25.1 Å². The first-order valence-electron chi connectivity index (χ1n) is 5.25. The summed E-state index contributed by atoms with van der Waals surface area (Å²) >= 11 is 5.86. The molecular formula is C13H10ClFN2O. The first-order valence-corrected chi connectivity index (χ1v) is 5.63. The molecule has 18 heavy (non-hydrogen) atoms. The number of carbonyl (C=O) groups excluding carboxylic acids is 1. The highest BCUT2D eigenvalue weighted by Gasteiger charge is 2.12. The maximum Gasteiger partial charge on any atom is 0.257 e. The van der Waals surface area contributed by atoms with Crippen LogP contribution in [-0.2, 0) is 0 Å². The Balaban J connectivity index is 2.27. The monoisotopic (exact) mass is 264 g/mol. The number of nitrogens with one attached hydrogen (secondary N) is 1. The van der Waals surface area contributed by atoms with Crippen LogP contribution < -0.4 is 5.32 Å². The molecule has 0 aliphatic carbocycles. The molecule has 2 rings (SSSR count). The molecule has 0 spiro atoms. The Morgan fingerprint density at radius 1 is 1.39 bits per heavy atom. The lowest BCUT2D eigenvalue weighted by molar-refractivity contribution is 0.102. The highest BCUT2D eigenvalue weighted by molar-refractivity contribution is 6.34. The number of aromatic nitrogens is 1. The predicted molar refractivity (Wildman–Crippen MR) is 68.3 cm³/mol. The lowest BCUT2D eigenvalue weighted by Gasteiger charge is -2.09. The predicted octanol–water partition coefficient (Wildman–Crippen LogP) is 3.43. The standard InChI is InChI=1S/C13H10ClFN2O/c1-8-11(15)3-2-4-12(8)17-13(18)9-5-6-16-7-10(9)14/h2-7H,1H3,(H,17,18). The van der Waals surface area contributed by atoms with Gasteiger partial charge in [0.05, 0.1) is 10.6 Å². The fraction of sp³-hybridized carbons (Fsp3) is 0.0769. The number of rotatable bonds is 2. The average molecular weight is 265 g/mol. The third-order valence-electron chi connectivity index (χ3n) is 2.53. The van der Waals surface area contributed by atoms with E-state index in [0.717, 1.165) is 0 Å². The second-order valence-electron chi connectivity index (χ2n) is 3.72. The molecule has 92 valence electrons. The number of benzene rings is 1. The van der Waals surface area contributed by atoms with Crippen molar-refractivity contribution in [3.63, 3.8) is 0 Å². The molecule has 0 bridgehead atoms. The number of hydrogen-bond donors (Lipinski definition) is 1. The van der Waals surface area contributed by atoms with Gasteiger partial charge in [0.15, 0.2) is 0 Å². The van der Waals surface area contributed by atoms with Gasteiger partial charge >= 0.3 is 0 Å². The zero-order valence-electron chi connectivity index (χ0n) is 9.58. The Bertz CT molecular complexity index is 601. The zero-order valence-corrected chi connectivity index (χ0v) is 10.3. The highest BCUT2D eigenvalue weighted by atomic mass is 35.5. The lowest BCUT2D eigenvalue weighted by Crippen LogP contribution is -2.13. The Morgan fingerprint density at radius 3 is 2.89 bits per heavy atom. The number of amides is 1. The lowest BCUT2D eigenvalue weighted by atomic mass is 10.1. The van der Waals surface area contributed by atoms with E-state index >= 15 is 0 Å². The molecule has 2 aromatic rings. The van der Waals surface area contributed by atoms with Crippen molar-refractivity contribution in [2.45, 2.75) is 6.92 Å². The SMILES string of the molecule is Cc1c(F)cccc1NC(=O)c1ccncc1Cl. The van der Waals surface area contributed by atoms with Gasteiger partial charge in [-0.1, -0.05) is 17.7 Å². The smallest absolute Gasteiger partial charge is 0.257 e. The Labute approximate surface area is 109 Å². The normalized spacial score (nSPS) is 10.2. The third-order valence-corrected chi connectivity index (χ3v) is 2.83. The minimum absolute atomic E-state index is 0.254. The molecule has 0 unspecified atom stereocenters. The van der Waals surface area contributed by atoms with E-state index in [2.05, 4.69) is 10.3 Å². The molecule has 0 atom stereocenters. The summed E-state index contributed by atoms with van der Waals surface area (Å²) in [5.74, 6) is -0.760. The van der Waals surface area contributed by atoms with Gasteiger partial charge in [0.1, 0.15) is 5.82 Å². The van der Waals surface area contributed by atoms with Crippen LogP contribution in [-0.4, -0.2) is 10.9 Å². The van der Waals surface area contributed by atoms with Crippen LogP contribution in [0.3, 0.4) is 0 Å². The number of nitrogens with zero attached hydrogens (tertiary/aromatic N) is 1. The van der Waals surface area contributed by atoms with E-state index in [1.165, 1.54) is 30.6 Å². The average Bonchev–Trinajstić information content (AvgIpc) is 2.35. The van der Waals surface area contributed by atoms with Crippen molar-refractivity contribution < 1.29 is 9.18 Å². The molecular weight excluding hydrogens is 255 g/mol. The number of hydrogen-bond acceptors (Lipinski definition) is 2. The molecule has 0 saturated heterocycles. The van der Waals surface area contributed by atoms with Crippen molar-refractivity contribution in [3.05, 3.63) is 58.6 Å². The maximum atomic E-state index is 13.3. The van der Waals surface area contributed by atoms with Gasteiger partial charge in [-0.2, -0.15) is 0 Å². The third kappa shape index (κ3) is 2.49. The molecule has 0 fully saturated rings. The van der Waals surface area contributed by atoms with E-state index in [0.29, 0.717) is 16.8 Å². The van der Waals surface area contributed by atoms with E-state index in [1.54, 1.807) is 13.0 Å². The van der Waals surface area contributed by atoms with Crippen molar-refractivity contribution in [2.24, 2.45) is 0 Å². The molecule has 3 nitrogen and oxygen atoms in total. The van der Waals surface area contributed by atoms with Gasteiger partial charge < -0.3 is 5.32 Å². The van der Waals surface area contributed by atoms with Gasteiger partial charge in [-0.15, -0.1) is 0 Å². The van der Waals surface area contributed by atoms with E-state index in [-0.39, 0.29) is 10.8 Å². The molecule has 1 aromatic carbocycles. The fourth-order valence-electron chi connectivity index (χ4n) is 1.49. The Morgan fingerprint density at radius 2 is 2.17 bits per heavy atom. The Hall–Kier alpha value is -1.94. The second kappa shape index (κ2) is 5.14. The van der Waals surface area contributed by atoms with Crippen molar-refractivity contribution in [1.29, 1.82) is 0 Å². The number of carbonyl (C=O) groups is 1. The van der Waals surface area contributed by atoms with Crippen LogP contribution in [0.4, 0.5) is 10.1 Å². The summed E-state index contributed by atoms with van der Waals surface area (Å²) in [6, 6.07) is 6.01. The highest BCUT2D eigenvalue weighted by Crippen LogP contribution is 2.20. The summed E-state index contributed by atoms with van der Waals surface area (Å²) in [6.07, 6.45) is 2.86. The van der Waals surface area contributed by atoms with Gasteiger partial charge in [0.2, 0.25) is 0 Å². The van der Waals surface area contributed by atoms with Crippen molar-refractivity contribution in [1.82, 2.24) is 4.98 Å². The summed E-state index contributed by atoms with van der Waals surface area (Å²) in [7, 11) is 0. The molecule has 1 amide bonds. The van der Waals surface area contributed by atoms with Crippen molar-refractivity contribution >= 4 is 23.2 Å². The van der Waals surface area contributed by atoms with Gasteiger partial charge in [0, 0.05) is 23.6 Å². The van der Waals surface area contributed by atoms with E-state index in [4.69, 9.17) is 11.6 Å². The van der Waals surface area contributed by atoms with Crippen LogP contribution in [0, 0.1) is 12.7 Å². The molecule has 0 radical (unpaired) electrons. The van der Waals surface area contributed by atoms with Crippen LogP contribution in [0.2, 0.25) is 5.02 Å². The number of anilines is 1. The molecule has 1 heterocycles. The van der Waals surface area contributed by atoms with Gasteiger partial charge in [0.25, 0.3) is 5.91 Å².